The summed E-state index contributed by atoms with van der Waals surface area (Å²) in [6.07, 6.45) is 0.748. The van der Waals surface area contributed by atoms with E-state index in [1.54, 1.807) is 24.3 Å². The van der Waals surface area contributed by atoms with Gasteiger partial charge in [-0.2, -0.15) is 4.31 Å². The van der Waals surface area contributed by atoms with Crippen molar-refractivity contribution in [1.29, 1.82) is 0 Å². The minimum absolute atomic E-state index is 0.122. The summed E-state index contributed by atoms with van der Waals surface area (Å²) in [6, 6.07) is 12.8. The number of carbonyl (C=O) groups excluding carboxylic acids is 2. The van der Waals surface area contributed by atoms with Gasteiger partial charge in [-0.15, -0.1) is 0 Å². The smallest absolute Gasteiger partial charge is 0.314 e. The molecular formula is C21H23NO6S. The second-order valence-electron chi connectivity index (χ2n) is 6.83. The van der Waals surface area contributed by atoms with Crippen molar-refractivity contribution in [3.8, 4) is 11.5 Å². The number of piperidine rings is 1. The summed E-state index contributed by atoms with van der Waals surface area (Å²) in [6.45, 7) is 1.88. The van der Waals surface area contributed by atoms with Crippen molar-refractivity contribution < 1.29 is 27.5 Å². The fraction of sp³-hybridized carbons (Fsp3) is 0.333. The van der Waals surface area contributed by atoms with Crippen LogP contribution in [0.1, 0.15) is 30.1 Å². The number of sulfonamides is 1. The summed E-state index contributed by atoms with van der Waals surface area (Å²) in [5, 5.41) is 0. The maximum atomic E-state index is 12.8. The molecule has 0 saturated carbocycles. The Balaban J connectivity index is 1.63. The Labute approximate surface area is 170 Å². The van der Waals surface area contributed by atoms with Crippen molar-refractivity contribution in [3.05, 3.63) is 54.1 Å². The normalized spacial score (nSPS) is 15.7. The molecule has 0 radical (unpaired) electrons. The van der Waals surface area contributed by atoms with Gasteiger partial charge in [0.15, 0.2) is 17.3 Å². The third-order valence-electron chi connectivity index (χ3n) is 4.97. The van der Waals surface area contributed by atoms with Gasteiger partial charge in [0.05, 0.1) is 17.9 Å². The van der Waals surface area contributed by atoms with Gasteiger partial charge < -0.3 is 9.47 Å². The predicted molar refractivity (Wildman–Crippen MR) is 107 cm³/mol. The summed E-state index contributed by atoms with van der Waals surface area (Å²) < 4.78 is 37.7. The number of esters is 1. The van der Waals surface area contributed by atoms with Gasteiger partial charge in [0, 0.05) is 18.7 Å². The van der Waals surface area contributed by atoms with Crippen LogP contribution >= 0.6 is 0 Å². The number of ether oxygens (including phenoxy) is 2. The van der Waals surface area contributed by atoms with E-state index in [-0.39, 0.29) is 29.7 Å². The van der Waals surface area contributed by atoms with E-state index in [1.165, 1.54) is 42.6 Å². The minimum Gasteiger partial charge on any atom is -0.493 e. The monoisotopic (exact) mass is 417 g/mol. The van der Waals surface area contributed by atoms with Crippen molar-refractivity contribution in [2.24, 2.45) is 5.92 Å². The second kappa shape index (κ2) is 8.75. The lowest BCUT2D eigenvalue weighted by atomic mass is 9.98. The van der Waals surface area contributed by atoms with Crippen LogP contribution in [0.2, 0.25) is 0 Å². The zero-order chi connectivity index (χ0) is 21.0. The lowest BCUT2D eigenvalue weighted by molar-refractivity contribution is -0.140. The van der Waals surface area contributed by atoms with Crippen LogP contribution in [0.4, 0.5) is 0 Å². The average Bonchev–Trinajstić information content (AvgIpc) is 2.74. The van der Waals surface area contributed by atoms with Crippen LogP contribution in [-0.4, -0.2) is 44.7 Å². The molecule has 1 aliphatic heterocycles. The molecule has 1 heterocycles. The zero-order valence-electron chi connectivity index (χ0n) is 16.3. The van der Waals surface area contributed by atoms with E-state index >= 15 is 0 Å². The molecule has 1 saturated heterocycles. The first-order valence-electron chi connectivity index (χ1n) is 9.29. The summed E-state index contributed by atoms with van der Waals surface area (Å²) in [4.78, 5) is 24.0. The number of benzene rings is 2. The van der Waals surface area contributed by atoms with Crippen molar-refractivity contribution >= 4 is 21.8 Å². The summed E-state index contributed by atoms with van der Waals surface area (Å²) >= 11 is 0. The molecule has 2 aromatic carbocycles. The molecule has 3 rings (SSSR count). The molecule has 29 heavy (non-hydrogen) atoms. The standard InChI is InChI=1S/C21H23NO6S/c1-15(23)16-7-9-18(10-8-16)29(25,26)22-13-11-17(12-14-22)21(24)28-20-6-4-3-5-19(20)27-2/h3-10,17H,11-14H2,1-2H3. The van der Waals surface area contributed by atoms with E-state index < -0.39 is 16.0 Å². The molecule has 0 bridgehead atoms. The highest BCUT2D eigenvalue weighted by Gasteiger charge is 2.33. The Morgan fingerprint density at radius 2 is 1.55 bits per heavy atom. The predicted octanol–water partition coefficient (Wildman–Crippen LogP) is 2.90. The van der Waals surface area contributed by atoms with Gasteiger partial charge in [0.2, 0.25) is 10.0 Å². The van der Waals surface area contributed by atoms with E-state index in [9.17, 15) is 18.0 Å². The molecule has 0 atom stereocenters. The number of nitrogens with zero attached hydrogens (tertiary/aromatic N) is 1. The highest BCUT2D eigenvalue weighted by atomic mass is 32.2. The molecule has 0 N–H and O–H groups in total. The van der Waals surface area contributed by atoms with Crippen LogP contribution in [0.15, 0.2) is 53.4 Å². The molecule has 1 fully saturated rings. The molecular weight excluding hydrogens is 394 g/mol. The van der Waals surface area contributed by atoms with E-state index in [1.807, 2.05) is 0 Å². The first-order valence-corrected chi connectivity index (χ1v) is 10.7. The summed E-state index contributed by atoms with van der Waals surface area (Å²) in [5.74, 6) is -0.0809. The number of hydrogen-bond acceptors (Lipinski definition) is 6. The van der Waals surface area contributed by atoms with E-state index in [4.69, 9.17) is 9.47 Å². The van der Waals surface area contributed by atoms with Gasteiger partial charge in [-0.3, -0.25) is 9.59 Å². The first-order chi connectivity index (χ1) is 13.8. The lowest BCUT2D eigenvalue weighted by Gasteiger charge is -2.30. The molecule has 0 amide bonds. The highest BCUT2D eigenvalue weighted by molar-refractivity contribution is 7.89. The van der Waals surface area contributed by atoms with Crippen LogP contribution in [0.3, 0.4) is 0 Å². The molecule has 0 unspecified atom stereocenters. The number of carbonyl (C=O) groups is 2. The molecule has 1 aliphatic rings. The summed E-state index contributed by atoms with van der Waals surface area (Å²) in [5.41, 5.74) is 0.460. The van der Waals surface area contributed by atoms with Crippen molar-refractivity contribution in [1.82, 2.24) is 4.31 Å². The van der Waals surface area contributed by atoms with Gasteiger partial charge in [0.1, 0.15) is 0 Å². The number of para-hydroxylation sites is 2. The molecule has 0 spiro atoms. The van der Waals surface area contributed by atoms with Crippen LogP contribution < -0.4 is 9.47 Å². The van der Waals surface area contributed by atoms with Crippen LogP contribution in [0.5, 0.6) is 11.5 Å². The topological polar surface area (TPSA) is 90.0 Å². The first kappa shape index (κ1) is 21.0. The minimum atomic E-state index is -3.67. The number of ketones is 1. The summed E-state index contributed by atoms with van der Waals surface area (Å²) in [7, 11) is -2.17. The van der Waals surface area contributed by atoms with Crippen LogP contribution in [0.25, 0.3) is 0 Å². The molecule has 154 valence electrons. The van der Waals surface area contributed by atoms with Gasteiger partial charge in [-0.05, 0) is 44.0 Å². The van der Waals surface area contributed by atoms with Crippen molar-refractivity contribution in [2.45, 2.75) is 24.7 Å². The van der Waals surface area contributed by atoms with Gasteiger partial charge in [0.25, 0.3) is 0 Å². The largest absolute Gasteiger partial charge is 0.493 e. The van der Waals surface area contributed by atoms with E-state index in [0.29, 0.717) is 29.9 Å². The average molecular weight is 417 g/mol. The molecule has 2 aromatic rings. The van der Waals surface area contributed by atoms with E-state index in [2.05, 4.69) is 0 Å². The van der Waals surface area contributed by atoms with Crippen LogP contribution in [0, 0.1) is 5.92 Å². The quantitative estimate of drug-likeness (QED) is 0.408. The molecule has 0 aliphatic carbocycles. The molecule has 7 nitrogen and oxygen atoms in total. The van der Waals surface area contributed by atoms with E-state index in [0.717, 1.165) is 0 Å². The van der Waals surface area contributed by atoms with Gasteiger partial charge in [-0.25, -0.2) is 8.42 Å². The Hall–Kier alpha value is -2.71. The molecule has 8 heteroatoms. The van der Waals surface area contributed by atoms with Gasteiger partial charge in [-0.1, -0.05) is 24.3 Å². The fourth-order valence-electron chi connectivity index (χ4n) is 3.24. The Morgan fingerprint density at radius 1 is 0.966 bits per heavy atom. The maximum absolute atomic E-state index is 12.8. The number of methoxy groups -OCH3 is 1. The SMILES string of the molecule is COc1ccccc1OC(=O)C1CCN(S(=O)(=O)c2ccc(C(C)=O)cc2)CC1. The number of hydrogen-bond donors (Lipinski definition) is 0. The van der Waals surface area contributed by atoms with Gasteiger partial charge >= 0.3 is 5.97 Å². The number of rotatable bonds is 6. The number of Topliss-reactive ketones (excluding diaryl/α,β-unsaturated/α-hetero) is 1. The Morgan fingerprint density at radius 3 is 2.10 bits per heavy atom. The zero-order valence-corrected chi connectivity index (χ0v) is 17.1. The van der Waals surface area contributed by atoms with Crippen molar-refractivity contribution in [3.63, 3.8) is 0 Å². The Kier molecular flexibility index (Phi) is 6.34. The Bertz CT molecular complexity index is 992. The lowest BCUT2D eigenvalue weighted by Crippen LogP contribution is -2.41. The third kappa shape index (κ3) is 4.65. The van der Waals surface area contributed by atoms with Crippen molar-refractivity contribution in [2.75, 3.05) is 20.2 Å². The van der Waals surface area contributed by atoms with Crippen LogP contribution in [-0.2, 0) is 14.8 Å². The fourth-order valence-corrected chi connectivity index (χ4v) is 4.71. The second-order valence-corrected chi connectivity index (χ2v) is 8.77. The third-order valence-corrected chi connectivity index (χ3v) is 6.88. The molecule has 0 aromatic heterocycles. The maximum Gasteiger partial charge on any atom is 0.314 e. The highest BCUT2D eigenvalue weighted by Crippen LogP contribution is 2.29.